The van der Waals surface area contributed by atoms with Crippen molar-refractivity contribution in [3.8, 4) is 11.4 Å². The highest BCUT2D eigenvalue weighted by Gasteiger charge is 2.22. The Morgan fingerprint density at radius 2 is 2.20 bits per heavy atom. The fourth-order valence-corrected chi connectivity index (χ4v) is 2.73. The molecule has 0 amide bonds. The number of aromatic nitrogens is 3. The molecule has 1 atom stereocenters. The van der Waals surface area contributed by atoms with Crippen molar-refractivity contribution in [2.45, 2.75) is 19.4 Å². The van der Waals surface area contributed by atoms with Crippen LogP contribution in [0.5, 0.6) is 0 Å². The third-order valence-electron chi connectivity index (χ3n) is 4.01. The number of benzene rings is 1. The Morgan fingerprint density at radius 3 is 2.95 bits per heavy atom. The molecule has 0 fully saturated rings. The maximum atomic E-state index is 5.77. The minimum Gasteiger partial charge on any atom is -0.378 e. The van der Waals surface area contributed by atoms with Crippen LogP contribution in [0.25, 0.3) is 11.4 Å². The van der Waals surface area contributed by atoms with Gasteiger partial charge in [-0.15, -0.1) is 10.2 Å². The maximum absolute atomic E-state index is 5.77. The van der Waals surface area contributed by atoms with E-state index in [0.29, 0.717) is 5.92 Å². The minimum absolute atomic E-state index is 0.549. The topological polar surface area (TPSA) is 60.0 Å². The summed E-state index contributed by atoms with van der Waals surface area (Å²) in [5, 5.41) is 8.74. The SMILES string of the molecule is CN(C)c1cccc(-c2nnc3n2CCC(CN)C3)c1. The van der Waals surface area contributed by atoms with Gasteiger partial charge in [-0.05, 0) is 31.0 Å². The summed E-state index contributed by atoms with van der Waals surface area (Å²) in [5.41, 5.74) is 8.07. The first kappa shape index (κ1) is 13.1. The lowest BCUT2D eigenvalue weighted by Crippen LogP contribution is -2.25. The van der Waals surface area contributed by atoms with Crippen LogP contribution in [0.2, 0.25) is 0 Å². The van der Waals surface area contributed by atoms with Crippen molar-refractivity contribution in [1.29, 1.82) is 0 Å². The van der Waals surface area contributed by atoms with Gasteiger partial charge in [-0.3, -0.25) is 0 Å². The Kier molecular flexibility index (Phi) is 3.44. The van der Waals surface area contributed by atoms with Gasteiger partial charge in [0.15, 0.2) is 5.82 Å². The molecular weight excluding hydrogens is 250 g/mol. The maximum Gasteiger partial charge on any atom is 0.164 e. The molecule has 0 radical (unpaired) electrons. The molecule has 5 heteroatoms. The van der Waals surface area contributed by atoms with E-state index in [1.807, 2.05) is 14.1 Å². The van der Waals surface area contributed by atoms with E-state index in [-0.39, 0.29) is 0 Å². The minimum atomic E-state index is 0.549. The smallest absolute Gasteiger partial charge is 0.164 e. The van der Waals surface area contributed by atoms with Crippen LogP contribution in [0.1, 0.15) is 12.2 Å². The van der Waals surface area contributed by atoms with Crippen LogP contribution in [0.3, 0.4) is 0 Å². The zero-order valence-corrected chi connectivity index (χ0v) is 12.1. The number of anilines is 1. The van der Waals surface area contributed by atoms with Gasteiger partial charge >= 0.3 is 0 Å². The van der Waals surface area contributed by atoms with Gasteiger partial charge < -0.3 is 15.2 Å². The predicted octanol–water partition coefficient (Wildman–Crippen LogP) is 1.53. The Bertz CT molecular complexity index is 602. The molecule has 5 nitrogen and oxygen atoms in total. The van der Waals surface area contributed by atoms with Crippen LogP contribution in [0.15, 0.2) is 24.3 Å². The second-order valence-corrected chi connectivity index (χ2v) is 5.63. The van der Waals surface area contributed by atoms with Crippen LogP contribution < -0.4 is 10.6 Å². The Labute approximate surface area is 119 Å². The summed E-state index contributed by atoms with van der Waals surface area (Å²) >= 11 is 0. The molecule has 1 aliphatic rings. The van der Waals surface area contributed by atoms with Gasteiger partial charge in [0.1, 0.15) is 5.82 Å². The fourth-order valence-electron chi connectivity index (χ4n) is 2.73. The van der Waals surface area contributed by atoms with Gasteiger partial charge in [0.2, 0.25) is 0 Å². The summed E-state index contributed by atoms with van der Waals surface area (Å²) in [6.45, 7) is 1.70. The second kappa shape index (κ2) is 5.25. The standard InChI is InChI=1S/C15H21N5/c1-19(2)13-5-3-4-12(9-13)15-18-17-14-8-11(10-16)6-7-20(14)15/h3-5,9,11H,6-8,10,16H2,1-2H3. The van der Waals surface area contributed by atoms with E-state index < -0.39 is 0 Å². The molecule has 106 valence electrons. The van der Waals surface area contributed by atoms with Crippen LogP contribution >= 0.6 is 0 Å². The van der Waals surface area contributed by atoms with E-state index in [4.69, 9.17) is 5.73 Å². The van der Waals surface area contributed by atoms with E-state index in [0.717, 1.165) is 43.1 Å². The van der Waals surface area contributed by atoms with Crippen molar-refractivity contribution >= 4 is 5.69 Å². The number of hydrogen-bond donors (Lipinski definition) is 1. The van der Waals surface area contributed by atoms with Crippen molar-refractivity contribution in [3.05, 3.63) is 30.1 Å². The Morgan fingerprint density at radius 1 is 1.35 bits per heavy atom. The fraction of sp³-hybridized carbons (Fsp3) is 0.467. The lowest BCUT2D eigenvalue weighted by molar-refractivity contribution is 0.391. The third-order valence-corrected chi connectivity index (χ3v) is 4.01. The molecule has 1 aromatic heterocycles. The first-order chi connectivity index (χ1) is 9.69. The first-order valence-electron chi connectivity index (χ1n) is 7.09. The molecule has 1 aromatic carbocycles. The van der Waals surface area contributed by atoms with Gasteiger partial charge in [0, 0.05) is 38.3 Å². The van der Waals surface area contributed by atoms with Crippen molar-refractivity contribution in [2.24, 2.45) is 11.7 Å². The summed E-state index contributed by atoms with van der Waals surface area (Å²) in [4.78, 5) is 2.10. The normalized spacial score (nSPS) is 17.9. The Balaban J connectivity index is 1.96. The largest absolute Gasteiger partial charge is 0.378 e. The van der Waals surface area contributed by atoms with Crippen LogP contribution in [0.4, 0.5) is 5.69 Å². The van der Waals surface area contributed by atoms with Gasteiger partial charge in [0.25, 0.3) is 0 Å². The number of nitrogens with zero attached hydrogens (tertiary/aromatic N) is 4. The molecule has 2 N–H and O–H groups in total. The predicted molar refractivity (Wildman–Crippen MR) is 80.7 cm³/mol. The Hall–Kier alpha value is -1.88. The lowest BCUT2D eigenvalue weighted by Gasteiger charge is -2.22. The van der Waals surface area contributed by atoms with Crippen molar-refractivity contribution in [2.75, 3.05) is 25.5 Å². The average molecular weight is 271 g/mol. The van der Waals surface area contributed by atoms with Gasteiger partial charge in [-0.1, -0.05) is 12.1 Å². The highest BCUT2D eigenvalue weighted by Crippen LogP contribution is 2.27. The molecule has 1 unspecified atom stereocenters. The van der Waals surface area contributed by atoms with Crippen LogP contribution in [-0.2, 0) is 13.0 Å². The van der Waals surface area contributed by atoms with E-state index in [9.17, 15) is 0 Å². The van der Waals surface area contributed by atoms with E-state index in [1.165, 1.54) is 5.69 Å². The molecule has 2 heterocycles. The summed E-state index contributed by atoms with van der Waals surface area (Å²) in [6.07, 6.45) is 2.05. The van der Waals surface area contributed by atoms with E-state index in [2.05, 4.69) is 43.9 Å². The summed E-state index contributed by atoms with van der Waals surface area (Å²) in [6, 6.07) is 8.42. The number of rotatable bonds is 3. The van der Waals surface area contributed by atoms with Crippen molar-refractivity contribution < 1.29 is 0 Å². The zero-order valence-electron chi connectivity index (χ0n) is 12.1. The molecule has 0 bridgehead atoms. The number of hydrogen-bond acceptors (Lipinski definition) is 4. The molecule has 0 saturated carbocycles. The molecule has 20 heavy (non-hydrogen) atoms. The van der Waals surface area contributed by atoms with Crippen molar-refractivity contribution in [1.82, 2.24) is 14.8 Å². The summed E-state index contributed by atoms with van der Waals surface area (Å²) in [5.74, 6) is 2.59. The number of fused-ring (bicyclic) bond motifs is 1. The van der Waals surface area contributed by atoms with Gasteiger partial charge in [-0.25, -0.2) is 0 Å². The average Bonchev–Trinajstić information content (AvgIpc) is 2.90. The monoisotopic (exact) mass is 271 g/mol. The lowest BCUT2D eigenvalue weighted by atomic mass is 9.98. The first-order valence-corrected chi connectivity index (χ1v) is 7.09. The summed E-state index contributed by atoms with van der Waals surface area (Å²) < 4.78 is 2.24. The molecule has 0 aliphatic carbocycles. The van der Waals surface area contributed by atoms with Crippen molar-refractivity contribution in [3.63, 3.8) is 0 Å². The molecule has 1 aliphatic heterocycles. The van der Waals surface area contributed by atoms with Gasteiger partial charge in [0.05, 0.1) is 0 Å². The van der Waals surface area contributed by atoms with E-state index in [1.54, 1.807) is 0 Å². The van der Waals surface area contributed by atoms with E-state index >= 15 is 0 Å². The van der Waals surface area contributed by atoms with Crippen LogP contribution in [0, 0.1) is 5.92 Å². The van der Waals surface area contributed by atoms with Crippen LogP contribution in [-0.4, -0.2) is 35.4 Å². The van der Waals surface area contributed by atoms with Gasteiger partial charge in [-0.2, -0.15) is 0 Å². The number of nitrogens with two attached hydrogens (primary N) is 1. The molecule has 2 aromatic rings. The second-order valence-electron chi connectivity index (χ2n) is 5.63. The zero-order chi connectivity index (χ0) is 14.1. The highest BCUT2D eigenvalue weighted by molar-refractivity contribution is 5.63. The molecular formula is C15H21N5. The molecule has 3 rings (SSSR count). The third kappa shape index (κ3) is 2.29. The molecule has 0 saturated heterocycles. The highest BCUT2D eigenvalue weighted by atomic mass is 15.3. The molecule has 0 spiro atoms. The summed E-state index contributed by atoms with van der Waals surface area (Å²) in [7, 11) is 4.09. The quantitative estimate of drug-likeness (QED) is 0.919.